The molecule has 2 aromatic rings. The summed E-state index contributed by atoms with van der Waals surface area (Å²) in [6.45, 7) is 1.72. The van der Waals surface area contributed by atoms with Crippen LogP contribution in [0.1, 0.15) is 50.1 Å². The van der Waals surface area contributed by atoms with Crippen LogP contribution in [0.4, 0.5) is 0 Å². The number of ketones is 1. The zero-order valence-electron chi connectivity index (χ0n) is 13.3. The molecule has 5 nitrogen and oxygen atoms in total. The van der Waals surface area contributed by atoms with Gasteiger partial charge in [-0.15, -0.1) is 0 Å². The van der Waals surface area contributed by atoms with E-state index >= 15 is 0 Å². The Morgan fingerprint density at radius 3 is 2.65 bits per heavy atom. The van der Waals surface area contributed by atoms with Gasteiger partial charge >= 0.3 is 5.97 Å². The van der Waals surface area contributed by atoms with E-state index in [1.807, 2.05) is 24.3 Å². The first-order chi connectivity index (χ1) is 11.1. The van der Waals surface area contributed by atoms with E-state index in [9.17, 15) is 9.59 Å². The average Bonchev–Trinajstić information content (AvgIpc) is 2.91. The van der Waals surface area contributed by atoms with Gasteiger partial charge in [0, 0.05) is 24.3 Å². The molecule has 23 heavy (non-hydrogen) atoms. The maximum absolute atomic E-state index is 12.6. The zero-order chi connectivity index (χ0) is 16.6. The fourth-order valence-corrected chi connectivity index (χ4v) is 3.21. The Labute approximate surface area is 134 Å². The van der Waals surface area contributed by atoms with Crippen molar-refractivity contribution >= 4 is 11.8 Å². The average molecular weight is 314 g/mol. The highest BCUT2D eigenvalue weighted by Gasteiger charge is 2.35. The quantitative estimate of drug-likeness (QED) is 0.813. The van der Waals surface area contributed by atoms with Gasteiger partial charge in [0.15, 0.2) is 5.78 Å². The second-order valence-electron chi connectivity index (χ2n) is 5.62. The molecule has 120 valence electrons. The van der Waals surface area contributed by atoms with Crippen LogP contribution in [0.2, 0.25) is 0 Å². The number of ether oxygens (including phenoxy) is 2. The molecular formula is C18H18O5. The number of fused-ring (bicyclic) bond motifs is 1. The van der Waals surface area contributed by atoms with Gasteiger partial charge in [0.2, 0.25) is 5.76 Å². The Kier molecular flexibility index (Phi) is 3.94. The Morgan fingerprint density at radius 2 is 1.96 bits per heavy atom. The highest BCUT2D eigenvalue weighted by atomic mass is 16.5. The van der Waals surface area contributed by atoms with Crippen LogP contribution in [0.15, 0.2) is 28.7 Å². The molecule has 0 spiro atoms. The smallest absolute Gasteiger partial charge is 0.374 e. The van der Waals surface area contributed by atoms with Gasteiger partial charge < -0.3 is 13.9 Å². The molecule has 1 aromatic carbocycles. The number of rotatable bonds is 3. The summed E-state index contributed by atoms with van der Waals surface area (Å²) in [6, 6.07) is 7.65. The van der Waals surface area contributed by atoms with Crippen molar-refractivity contribution in [3.8, 4) is 5.75 Å². The molecule has 0 amide bonds. The number of Topliss-reactive ketones (excluding diaryl/α,β-unsaturated/α-hetero) is 1. The lowest BCUT2D eigenvalue weighted by molar-refractivity contribution is 0.0561. The van der Waals surface area contributed by atoms with Crippen molar-refractivity contribution in [1.29, 1.82) is 0 Å². The van der Waals surface area contributed by atoms with E-state index in [1.54, 1.807) is 14.0 Å². The van der Waals surface area contributed by atoms with Gasteiger partial charge in [-0.2, -0.15) is 0 Å². The van der Waals surface area contributed by atoms with E-state index in [2.05, 4.69) is 0 Å². The summed E-state index contributed by atoms with van der Waals surface area (Å²) in [7, 11) is 2.91. The molecule has 0 aliphatic heterocycles. The first kappa shape index (κ1) is 15.3. The van der Waals surface area contributed by atoms with Crippen molar-refractivity contribution in [3.05, 3.63) is 52.5 Å². The van der Waals surface area contributed by atoms with Crippen LogP contribution in [0.25, 0.3) is 0 Å². The lowest BCUT2D eigenvalue weighted by atomic mass is 9.81. The molecule has 3 rings (SSSR count). The molecule has 1 atom stereocenters. The Morgan fingerprint density at radius 1 is 1.22 bits per heavy atom. The molecule has 5 heteroatoms. The fraction of sp³-hybridized carbons (Fsp3) is 0.333. The Hall–Kier alpha value is -2.56. The third-order valence-corrected chi connectivity index (χ3v) is 4.31. The van der Waals surface area contributed by atoms with Crippen LogP contribution in [0.5, 0.6) is 5.75 Å². The molecule has 1 aromatic heterocycles. The minimum absolute atomic E-state index is 0.0152. The third-order valence-electron chi connectivity index (χ3n) is 4.31. The van der Waals surface area contributed by atoms with Gasteiger partial charge in [-0.3, -0.25) is 4.79 Å². The highest BCUT2D eigenvalue weighted by molar-refractivity contribution is 6.03. The summed E-state index contributed by atoms with van der Waals surface area (Å²) in [6.07, 6.45) is 0.924. The Balaban J connectivity index is 2.01. The number of furan rings is 1. The molecular weight excluding hydrogens is 296 g/mol. The largest absolute Gasteiger partial charge is 0.496 e. The second-order valence-corrected chi connectivity index (χ2v) is 5.62. The topological polar surface area (TPSA) is 65.7 Å². The Bertz CT molecular complexity index is 772. The highest BCUT2D eigenvalue weighted by Crippen LogP contribution is 2.39. The number of benzene rings is 1. The predicted molar refractivity (Wildman–Crippen MR) is 83.2 cm³/mol. The minimum Gasteiger partial charge on any atom is -0.496 e. The van der Waals surface area contributed by atoms with Crippen molar-refractivity contribution in [2.75, 3.05) is 14.2 Å². The van der Waals surface area contributed by atoms with Crippen LogP contribution in [0.3, 0.4) is 0 Å². The molecule has 0 saturated heterocycles. The van der Waals surface area contributed by atoms with Crippen molar-refractivity contribution in [3.63, 3.8) is 0 Å². The summed E-state index contributed by atoms with van der Waals surface area (Å²) >= 11 is 0. The van der Waals surface area contributed by atoms with Gasteiger partial charge in [-0.25, -0.2) is 4.79 Å². The van der Waals surface area contributed by atoms with Gasteiger partial charge in [0.1, 0.15) is 11.5 Å². The SMILES string of the molecule is COC(=O)c1oc2c(c1C)C(=O)CC(c1ccccc1OC)C2. The normalized spacial score (nSPS) is 16.8. The molecule has 0 N–H and O–H groups in total. The molecule has 1 heterocycles. The first-order valence-electron chi connectivity index (χ1n) is 7.43. The number of esters is 1. The van der Waals surface area contributed by atoms with Crippen LogP contribution < -0.4 is 4.74 Å². The monoisotopic (exact) mass is 314 g/mol. The number of carbonyl (C=O) groups excluding carboxylic acids is 2. The van der Waals surface area contributed by atoms with E-state index in [4.69, 9.17) is 13.9 Å². The summed E-state index contributed by atoms with van der Waals surface area (Å²) in [5, 5.41) is 0. The molecule has 0 bridgehead atoms. The van der Waals surface area contributed by atoms with E-state index < -0.39 is 5.97 Å². The maximum Gasteiger partial charge on any atom is 0.374 e. The van der Waals surface area contributed by atoms with E-state index in [-0.39, 0.29) is 17.5 Å². The van der Waals surface area contributed by atoms with Gasteiger partial charge in [0.05, 0.1) is 19.8 Å². The summed E-state index contributed by atoms with van der Waals surface area (Å²) in [4.78, 5) is 24.3. The lowest BCUT2D eigenvalue weighted by Gasteiger charge is -2.22. The van der Waals surface area contributed by atoms with Crippen molar-refractivity contribution < 1.29 is 23.5 Å². The third kappa shape index (κ3) is 2.52. The standard InChI is InChI=1S/C18H18O5/c1-10-16-13(19)8-11(12-6-4-5-7-14(12)21-2)9-15(16)23-17(10)18(20)22-3/h4-7,11H,8-9H2,1-3H3. The number of carbonyl (C=O) groups is 2. The molecule has 1 aliphatic carbocycles. The van der Waals surface area contributed by atoms with E-state index in [0.29, 0.717) is 29.7 Å². The van der Waals surface area contributed by atoms with Gasteiger partial charge in [-0.1, -0.05) is 18.2 Å². The van der Waals surface area contributed by atoms with Crippen LogP contribution in [-0.2, 0) is 11.2 Å². The van der Waals surface area contributed by atoms with Crippen molar-refractivity contribution in [1.82, 2.24) is 0 Å². The molecule has 1 unspecified atom stereocenters. The number of methoxy groups -OCH3 is 2. The number of para-hydroxylation sites is 1. The fourth-order valence-electron chi connectivity index (χ4n) is 3.21. The van der Waals surface area contributed by atoms with Crippen LogP contribution in [-0.4, -0.2) is 26.0 Å². The van der Waals surface area contributed by atoms with Crippen LogP contribution >= 0.6 is 0 Å². The maximum atomic E-state index is 12.6. The molecule has 0 radical (unpaired) electrons. The van der Waals surface area contributed by atoms with E-state index in [1.165, 1.54) is 7.11 Å². The molecule has 0 fully saturated rings. The number of hydrogen-bond donors (Lipinski definition) is 0. The van der Waals surface area contributed by atoms with Gasteiger partial charge in [-0.05, 0) is 18.6 Å². The minimum atomic E-state index is -0.557. The van der Waals surface area contributed by atoms with Gasteiger partial charge in [0.25, 0.3) is 0 Å². The summed E-state index contributed by atoms with van der Waals surface area (Å²) in [5.41, 5.74) is 2.06. The van der Waals surface area contributed by atoms with E-state index in [0.717, 1.165) is 11.3 Å². The van der Waals surface area contributed by atoms with Crippen molar-refractivity contribution in [2.24, 2.45) is 0 Å². The second kappa shape index (κ2) is 5.91. The molecule has 1 aliphatic rings. The molecule has 0 saturated carbocycles. The summed E-state index contributed by atoms with van der Waals surface area (Å²) in [5.74, 6) is 0.825. The van der Waals surface area contributed by atoms with Crippen LogP contribution in [0, 0.1) is 6.92 Å². The predicted octanol–water partition coefficient (Wildman–Crippen LogP) is 3.30. The first-order valence-corrected chi connectivity index (χ1v) is 7.43. The van der Waals surface area contributed by atoms with Crippen molar-refractivity contribution in [2.45, 2.75) is 25.7 Å². The lowest BCUT2D eigenvalue weighted by Crippen LogP contribution is -2.18. The zero-order valence-corrected chi connectivity index (χ0v) is 13.3. The number of hydrogen-bond acceptors (Lipinski definition) is 5. The summed E-state index contributed by atoms with van der Waals surface area (Å²) < 4.78 is 15.8.